The molecule has 1 heterocycles. The van der Waals surface area contributed by atoms with E-state index in [4.69, 9.17) is 0 Å². The van der Waals surface area contributed by atoms with Crippen molar-refractivity contribution in [1.82, 2.24) is 15.5 Å². The van der Waals surface area contributed by atoms with Gasteiger partial charge in [0.25, 0.3) is 0 Å². The molecule has 2 N–H and O–H groups in total. The van der Waals surface area contributed by atoms with E-state index in [2.05, 4.69) is 50.2 Å². The molecule has 0 atom stereocenters. The van der Waals surface area contributed by atoms with Gasteiger partial charge in [-0.1, -0.05) is 41.0 Å². The van der Waals surface area contributed by atoms with E-state index in [1.165, 1.54) is 32.5 Å². The summed E-state index contributed by atoms with van der Waals surface area (Å²) in [5.41, 5.74) is 0.791. The Bertz CT molecular complexity index is 242. The van der Waals surface area contributed by atoms with E-state index in [1.807, 2.05) is 0 Å². The van der Waals surface area contributed by atoms with Crippen LogP contribution in [0.4, 0.5) is 0 Å². The molecule has 1 aliphatic rings. The van der Waals surface area contributed by atoms with E-state index < -0.39 is 0 Å². The lowest BCUT2D eigenvalue weighted by Crippen LogP contribution is -2.49. The van der Waals surface area contributed by atoms with Crippen LogP contribution in [0.2, 0.25) is 0 Å². The highest BCUT2D eigenvalue weighted by atomic mass is 15.2. The second-order valence-corrected chi connectivity index (χ2v) is 7.71. The van der Waals surface area contributed by atoms with Crippen LogP contribution in [0.15, 0.2) is 0 Å². The third-order valence-corrected chi connectivity index (χ3v) is 4.00. The summed E-state index contributed by atoms with van der Waals surface area (Å²) in [6.07, 6.45) is 2.58. The maximum Gasteiger partial charge on any atom is 0.0108 e. The summed E-state index contributed by atoms with van der Waals surface area (Å²) < 4.78 is 0. The predicted molar refractivity (Wildman–Crippen MR) is 84.6 cm³/mol. The van der Waals surface area contributed by atoms with Gasteiger partial charge in [0, 0.05) is 45.8 Å². The molecule has 0 spiro atoms. The van der Waals surface area contributed by atoms with Gasteiger partial charge in [0.2, 0.25) is 0 Å². The Morgan fingerprint density at radius 3 is 2.16 bits per heavy atom. The van der Waals surface area contributed by atoms with Gasteiger partial charge in [-0.05, 0) is 17.3 Å². The van der Waals surface area contributed by atoms with Crippen molar-refractivity contribution in [2.75, 3.05) is 45.8 Å². The molecule has 0 bridgehead atoms. The molecule has 3 heteroatoms. The van der Waals surface area contributed by atoms with Gasteiger partial charge in [0.15, 0.2) is 0 Å². The Balaban J connectivity index is 2.25. The molecule has 1 aliphatic heterocycles. The summed E-state index contributed by atoms with van der Waals surface area (Å²) in [4.78, 5) is 2.59. The average molecular weight is 269 g/mol. The first kappa shape index (κ1) is 16.9. The summed E-state index contributed by atoms with van der Waals surface area (Å²) in [5.74, 6) is 0. The zero-order valence-electron chi connectivity index (χ0n) is 13.8. The summed E-state index contributed by atoms with van der Waals surface area (Å²) in [6.45, 7) is 19.9. The normalized spacial score (nSPS) is 18.8. The molecule has 1 saturated heterocycles. The minimum atomic E-state index is 0.361. The lowest BCUT2D eigenvalue weighted by Gasteiger charge is -2.36. The van der Waals surface area contributed by atoms with Crippen LogP contribution < -0.4 is 10.6 Å². The smallest absolute Gasteiger partial charge is 0.0108 e. The molecule has 0 amide bonds. The van der Waals surface area contributed by atoms with Crippen LogP contribution in [0.1, 0.15) is 47.5 Å². The second kappa shape index (κ2) is 7.61. The second-order valence-electron chi connectivity index (χ2n) is 7.71. The van der Waals surface area contributed by atoms with Gasteiger partial charge in [-0.15, -0.1) is 0 Å². The third-order valence-electron chi connectivity index (χ3n) is 4.00. The molecule has 3 nitrogen and oxygen atoms in total. The monoisotopic (exact) mass is 269 g/mol. The van der Waals surface area contributed by atoms with Crippen molar-refractivity contribution < 1.29 is 0 Å². The molecular weight excluding hydrogens is 234 g/mol. The molecule has 1 rings (SSSR count). The number of hydrogen-bond acceptors (Lipinski definition) is 3. The zero-order chi connectivity index (χ0) is 14.4. The first-order valence-corrected chi connectivity index (χ1v) is 7.98. The van der Waals surface area contributed by atoms with Gasteiger partial charge >= 0.3 is 0 Å². The van der Waals surface area contributed by atoms with Crippen molar-refractivity contribution in [1.29, 1.82) is 0 Å². The van der Waals surface area contributed by atoms with E-state index in [0.29, 0.717) is 10.8 Å². The summed E-state index contributed by atoms with van der Waals surface area (Å²) in [5, 5.41) is 7.12. The molecular formula is C16H35N3. The third kappa shape index (κ3) is 7.28. The van der Waals surface area contributed by atoms with Gasteiger partial charge in [0.1, 0.15) is 0 Å². The van der Waals surface area contributed by atoms with Crippen LogP contribution in [0.5, 0.6) is 0 Å². The minimum absolute atomic E-state index is 0.361. The highest BCUT2D eigenvalue weighted by molar-refractivity contribution is 4.80. The van der Waals surface area contributed by atoms with Crippen LogP contribution in [-0.4, -0.2) is 50.7 Å². The van der Waals surface area contributed by atoms with Crippen molar-refractivity contribution in [3.05, 3.63) is 0 Å². The van der Waals surface area contributed by atoms with Crippen molar-refractivity contribution in [2.45, 2.75) is 47.5 Å². The average Bonchev–Trinajstić information content (AvgIpc) is 2.28. The molecule has 0 aliphatic carbocycles. The van der Waals surface area contributed by atoms with E-state index >= 15 is 0 Å². The molecule has 0 aromatic carbocycles. The van der Waals surface area contributed by atoms with Gasteiger partial charge in [-0.2, -0.15) is 0 Å². The Morgan fingerprint density at radius 2 is 1.58 bits per heavy atom. The van der Waals surface area contributed by atoms with E-state index in [1.54, 1.807) is 0 Å². The first-order chi connectivity index (χ1) is 8.85. The quantitative estimate of drug-likeness (QED) is 0.708. The standard InChI is InChI=1S/C16H35N3/c1-6-7-15(2,3)12-18-13-16(4,5)14-19-10-8-17-9-11-19/h17-18H,6-14H2,1-5H3. The van der Waals surface area contributed by atoms with Gasteiger partial charge in [-0.3, -0.25) is 0 Å². The van der Waals surface area contributed by atoms with Crippen LogP contribution in [0.3, 0.4) is 0 Å². The zero-order valence-corrected chi connectivity index (χ0v) is 13.8. The van der Waals surface area contributed by atoms with Crippen LogP contribution >= 0.6 is 0 Å². The highest BCUT2D eigenvalue weighted by Gasteiger charge is 2.24. The van der Waals surface area contributed by atoms with Crippen LogP contribution in [-0.2, 0) is 0 Å². The lowest BCUT2D eigenvalue weighted by molar-refractivity contribution is 0.154. The molecule has 0 aromatic rings. The topological polar surface area (TPSA) is 27.3 Å². The fourth-order valence-corrected chi connectivity index (χ4v) is 3.03. The lowest BCUT2D eigenvalue weighted by atomic mass is 9.87. The van der Waals surface area contributed by atoms with Crippen molar-refractivity contribution in [3.8, 4) is 0 Å². The summed E-state index contributed by atoms with van der Waals surface area (Å²) in [7, 11) is 0. The number of rotatable bonds is 8. The Kier molecular flexibility index (Phi) is 6.78. The van der Waals surface area contributed by atoms with Crippen LogP contribution in [0.25, 0.3) is 0 Å². The van der Waals surface area contributed by atoms with Gasteiger partial charge in [-0.25, -0.2) is 0 Å². The molecule has 0 aromatic heterocycles. The van der Waals surface area contributed by atoms with E-state index in [0.717, 1.165) is 26.2 Å². The molecule has 114 valence electrons. The Labute approximate surface area is 120 Å². The molecule has 0 radical (unpaired) electrons. The highest BCUT2D eigenvalue weighted by Crippen LogP contribution is 2.22. The largest absolute Gasteiger partial charge is 0.316 e. The summed E-state index contributed by atoms with van der Waals surface area (Å²) in [6, 6.07) is 0. The van der Waals surface area contributed by atoms with Crippen molar-refractivity contribution in [3.63, 3.8) is 0 Å². The number of hydrogen-bond donors (Lipinski definition) is 2. The fraction of sp³-hybridized carbons (Fsp3) is 1.00. The number of piperazine rings is 1. The van der Waals surface area contributed by atoms with E-state index in [-0.39, 0.29) is 0 Å². The summed E-state index contributed by atoms with van der Waals surface area (Å²) >= 11 is 0. The Hall–Kier alpha value is -0.120. The minimum Gasteiger partial charge on any atom is -0.316 e. The number of nitrogens with one attached hydrogen (secondary N) is 2. The van der Waals surface area contributed by atoms with E-state index in [9.17, 15) is 0 Å². The van der Waals surface area contributed by atoms with Crippen molar-refractivity contribution in [2.24, 2.45) is 10.8 Å². The molecule has 0 unspecified atom stereocenters. The Morgan fingerprint density at radius 1 is 1.00 bits per heavy atom. The van der Waals surface area contributed by atoms with Crippen molar-refractivity contribution >= 4 is 0 Å². The molecule has 19 heavy (non-hydrogen) atoms. The van der Waals surface area contributed by atoms with Crippen LogP contribution in [0, 0.1) is 10.8 Å². The SMILES string of the molecule is CCCC(C)(C)CNCC(C)(C)CN1CCNCC1. The van der Waals surface area contributed by atoms with Gasteiger partial charge in [0.05, 0.1) is 0 Å². The molecule has 1 fully saturated rings. The fourth-order valence-electron chi connectivity index (χ4n) is 3.03. The predicted octanol–water partition coefficient (Wildman–Crippen LogP) is 2.33. The van der Waals surface area contributed by atoms with Gasteiger partial charge < -0.3 is 15.5 Å². The maximum absolute atomic E-state index is 3.70. The number of nitrogens with zero attached hydrogens (tertiary/aromatic N) is 1. The first-order valence-electron chi connectivity index (χ1n) is 7.98. The maximum atomic E-state index is 3.70. The molecule has 0 saturated carbocycles.